The minimum absolute atomic E-state index is 0.0539. The Kier molecular flexibility index (Phi) is 4.33. The standard InChI is InChI=1S/C28H23ClN6O2/c29-16-3-6-23-18(9-16)17-4-1-14(7-25(17)30-23)27(36)34-10-19-20(11-34)22-13-35(12-21(19)22)28(37)15-2-5-24-26(8-15)32-33-31-24/h1-9,19-22,30H,10-13H2,(H,31,32,33)/t19-,20+,21+,22-. The molecule has 2 N–H and O–H groups in total. The van der Waals surface area contributed by atoms with Gasteiger partial charge in [-0.05, 0) is 72.2 Å². The van der Waals surface area contributed by atoms with Crippen LogP contribution in [0.25, 0.3) is 32.8 Å². The molecule has 2 amide bonds. The van der Waals surface area contributed by atoms with Gasteiger partial charge in [0.15, 0.2) is 0 Å². The molecule has 2 aromatic heterocycles. The van der Waals surface area contributed by atoms with Crippen molar-refractivity contribution >= 4 is 56.3 Å². The van der Waals surface area contributed by atoms with Gasteiger partial charge in [-0.1, -0.05) is 17.7 Å². The van der Waals surface area contributed by atoms with E-state index in [1.165, 1.54) is 0 Å². The van der Waals surface area contributed by atoms with Gasteiger partial charge in [0.25, 0.3) is 11.8 Å². The number of likely N-dealkylation sites (tertiary alicyclic amines) is 2. The third kappa shape index (κ3) is 3.08. The van der Waals surface area contributed by atoms with Crippen LogP contribution >= 0.6 is 11.6 Å². The first-order valence-corrected chi connectivity index (χ1v) is 13.0. The minimum Gasteiger partial charge on any atom is -0.354 e. The smallest absolute Gasteiger partial charge is 0.253 e. The van der Waals surface area contributed by atoms with Crippen LogP contribution in [-0.2, 0) is 0 Å². The SMILES string of the molecule is O=C(c1ccc2n[nH]nc2c1)N1C[C@@H]2[C@H](C1)[C@H]1CN(C(=O)c3ccc4c(c3)[nH]c3ccc(Cl)cc34)C[C@@H]21. The maximum atomic E-state index is 13.5. The summed E-state index contributed by atoms with van der Waals surface area (Å²) >= 11 is 6.19. The number of hydrogen-bond donors (Lipinski definition) is 2. The predicted molar refractivity (Wildman–Crippen MR) is 140 cm³/mol. The monoisotopic (exact) mass is 510 g/mol. The van der Waals surface area contributed by atoms with Gasteiger partial charge in [-0.2, -0.15) is 15.4 Å². The van der Waals surface area contributed by atoms with E-state index < -0.39 is 0 Å². The molecule has 8 nitrogen and oxygen atoms in total. The first kappa shape index (κ1) is 21.2. The van der Waals surface area contributed by atoms with Gasteiger partial charge >= 0.3 is 0 Å². The van der Waals surface area contributed by atoms with Crippen molar-refractivity contribution in [2.75, 3.05) is 26.2 Å². The average Bonchev–Trinajstić information content (AvgIpc) is 3.68. The van der Waals surface area contributed by atoms with Gasteiger partial charge in [-0.25, -0.2) is 0 Å². The summed E-state index contributed by atoms with van der Waals surface area (Å²) in [6.45, 7) is 3.04. The number of rotatable bonds is 2. The van der Waals surface area contributed by atoms with Crippen LogP contribution in [-0.4, -0.2) is 68.2 Å². The summed E-state index contributed by atoms with van der Waals surface area (Å²) in [5, 5.41) is 13.6. The molecule has 5 aromatic rings. The second-order valence-electron chi connectivity index (χ2n) is 10.7. The Balaban J connectivity index is 0.977. The van der Waals surface area contributed by atoms with Gasteiger partial charge in [-0.3, -0.25) is 9.59 Å². The first-order chi connectivity index (χ1) is 18.0. The lowest BCUT2D eigenvalue weighted by Crippen LogP contribution is -2.44. The van der Waals surface area contributed by atoms with Crippen molar-refractivity contribution in [2.45, 2.75) is 0 Å². The average molecular weight is 511 g/mol. The fourth-order valence-electron chi connectivity index (χ4n) is 7.05. The molecule has 0 radical (unpaired) electrons. The molecule has 8 rings (SSSR count). The van der Waals surface area contributed by atoms with E-state index in [9.17, 15) is 9.59 Å². The summed E-state index contributed by atoms with van der Waals surface area (Å²) in [5.74, 6) is 1.98. The van der Waals surface area contributed by atoms with Gasteiger partial charge in [0.05, 0.1) is 0 Å². The highest BCUT2D eigenvalue weighted by Crippen LogP contribution is 2.54. The molecule has 2 saturated heterocycles. The summed E-state index contributed by atoms with van der Waals surface area (Å²) in [7, 11) is 0. The number of H-pyrrole nitrogens is 2. The van der Waals surface area contributed by atoms with Crippen LogP contribution < -0.4 is 0 Å². The van der Waals surface area contributed by atoms with Gasteiger partial charge in [0, 0.05) is 64.1 Å². The molecular formula is C28H23ClN6O2. The first-order valence-electron chi connectivity index (χ1n) is 12.6. The van der Waals surface area contributed by atoms with E-state index in [1.807, 2.05) is 58.3 Å². The quantitative estimate of drug-likeness (QED) is 0.369. The number of hydrogen-bond acceptors (Lipinski definition) is 4. The topological polar surface area (TPSA) is 98.0 Å². The highest BCUT2D eigenvalue weighted by molar-refractivity contribution is 6.31. The number of amides is 2. The molecule has 0 spiro atoms. The van der Waals surface area contributed by atoms with Crippen molar-refractivity contribution in [1.29, 1.82) is 0 Å². The minimum atomic E-state index is 0.0539. The van der Waals surface area contributed by atoms with Crippen molar-refractivity contribution in [2.24, 2.45) is 23.7 Å². The third-order valence-corrected chi connectivity index (χ3v) is 9.11. The van der Waals surface area contributed by atoms with Crippen molar-refractivity contribution < 1.29 is 9.59 Å². The maximum Gasteiger partial charge on any atom is 0.253 e. The number of halogens is 1. The summed E-state index contributed by atoms with van der Waals surface area (Å²) in [4.78, 5) is 34.1. The molecule has 4 atom stereocenters. The summed E-state index contributed by atoms with van der Waals surface area (Å²) < 4.78 is 0. The van der Waals surface area contributed by atoms with Crippen LogP contribution in [0.2, 0.25) is 5.02 Å². The van der Waals surface area contributed by atoms with Crippen molar-refractivity contribution in [1.82, 2.24) is 30.2 Å². The number of nitrogens with zero attached hydrogens (tertiary/aromatic N) is 4. The molecule has 2 aliphatic heterocycles. The Bertz CT molecular complexity index is 1740. The zero-order chi connectivity index (χ0) is 24.8. The maximum absolute atomic E-state index is 13.5. The lowest BCUT2D eigenvalue weighted by Gasteiger charge is -2.42. The van der Waals surface area contributed by atoms with Crippen LogP contribution in [0.3, 0.4) is 0 Å². The Morgan fingerprint density at radius 3 is 2.03 bits per heavy atom. The third-order valence-electron chi connectivity index (χ3n) is 8.87. The number of nitrogens with one attached hydrogen (secondary N) is 2. The van der Waals surface area contributed by atoms with Gasteiger partial charge in [0.2, 0.25) is 0 Å². The molecule has 3 aliphatic rings. The Hall–Kier alpha value is -3.91. The number of fused-ring (bicyclic) bond motifs is 8. The largest absolute Gasteiger partial charge is 0.354 e. The summed E-state index contributed by atoms with van der Waals surface area (Å²) in [6, 6.07) is 17.1. The molecule has 4 heterocycles. The van der Waals surface area contributed by atoms with Crippen LogP contribution in [0.5, 0.6) is 0 Å². The lowest BCUT2D eigenvalue weighted by molar-refractivity contribution is 0.0629. The second-order valence-corrected chi connectivity index (χ2v) is 11.1. The van der Waals surface area contributed by atoms with Crippen molar-refractivity contribution in [3.05, 3.63) is 70.7 Å². The molecule has 9 heteroatoms. The molecule has 184 valence electrons. The lowest BCUT2D eigenvalue weighted by atomic mass is 9.60. The normalized spacial score (nSPS) is 24.6. The van der Waals surface area contributed by atoms with E-state index in [-0.39, 0.29) is 11.8 Å². The number of carbonyl (C=O) groups is 2. The van der Waals surface area contributed by atoms with E-state index in [4.69, 9.17) is 11.6 Å². The van der Waals surface area contributed by atoms with Crippen LogP contribution in [0.4, 0.5) is 0 Å². The number of carbonyl (C=O) groups excluding carboxylic acids is 2. The molecular weight excluding hydrogens is 488 g/mol. The molecule has 0 unspecified atom stereocenters. The molecule has 1 aliphatic carbocycles. The Labute approximate surface area is 216 Å². The second kappa shape index (κ2) is 7.55. The van der Waals surface area contributed by atoms with E-state index in [0.717, 1.165) is 53.5 Å². The van der Waals surface area contributed by atoms with Gasteiger partial charge in [-0.15, -0.1) is 0 Å². The fraction of sp³-hybridized carbons (Fsp3) is 0.286. The fourth-order valence-corrected chi connectivity index (χ4v) is 7.23. The zero-order valence-corrected chi connectivity index (χ0v) is 20.6. The van der Waals surface area contributed by atoms with Crippen molar-refractivity contribution in [3.8, 4) is 0 Å². The highest BCUT2D eigenvalue weighted by atomic mass is 35.5. The highest BCUT2D eigenvalue weighted by Gasteiger charge is 2.59. The Morgan fingerprint density at radius 1 is 0.703 bits per heavy atom. The molecule has 3 fully saturated rings. The summed E-state index contributed by atoms with van der Waals surface area (Å²) in [6.07, 6.45) is 0. The Morgan fingerprint density at radius 2 is 1.32 bits per heavy atom. The summed E-state index contributed by atoms with van der Waals surface area (Å²) in [5.41, 5.74) is 4.77. The zero-order valence-electron chi connectivity index (χ0n) is 19.8. The number of aromatic nitrogens is 4. The van der Waals surface area contributed by atoms with Crippen molar-refractivity contribution in [3.63, 3.8) is 0 Å². The van der Waals surface area contributed by atoms with E-state index in [2.05, 4.69) is 20.4 Å². The van der Waals surface area contributed by atoms with Gasteiger partial charge in [0.1, 0.15) is 11.0 Å². The van der Waals surface area contributed by atoms with Crippen LogP contribution in [0, 0.1) is 23.7 Å². The van der Waals surface area contributed by atoms with E-state index in [1.54, 1.807) is 6.07 Å². The van der Waals surface area contributed by atoms with E-state index in [0.29, 0.717) is 45.3 Å². The molecule has 37 heavy (non-hydrogen) atoms. The number of aromatic amines is 2. The van der Waals surface area contributed by atoms with Gasteiger partial charge < -0.3 is 14.8 Å². The number of benzene rings is 3. The predicted octanol–water partition coefficient (Wildman–Crippen LogP) is 4.34. The van der Waals surface area contributed by atoms with E-state index >= 15 is 0 Å². The van der Waals surface area contributed by atoms with Crippen LogP contribution in [0.15, 0.2) is 54.6 Å². The molecule has 0 bridgehead atoms. The van der Waals surface area contributed by atoms with Crippen LogP contribution in [0.1, 0.15) is 20.7 Å². The molecule has 1 saturated carbocycles. The molecule has 3 aromatic carbocycles.